The van der Waals surface area contributed by atoms with E-state index in [2.05, 4.69) is 15.0 Å². The van der Waals surface area contributed by atoms with Crippen LogP contribution in [0.2, 0.25) is 0 Å². The number of pyridine rings is 1. The predicted octanol–water partition coefficient (Wildman–Crippen LogP) is 1.71. The highest BCUT2D eigenvalue weighted by Gasteiger charge is 2.14. The molecular weight excluding hydrogens is 230 g/mol. The van der Waals surface area contributed by atoms with Crippen LogP contribution in [0, 0.1) is 6.92 Å². The Balaban J connectivity index is 2.70. The molecule has 2 aromatic rings. The Morgan fingerprint density at radius 1 is 1.39 bits per heavy atom. The molecule has 0 unspecified atom stereocenters. The second-order valence-electron chi connectivity index (χ2n) is 3.89. The van der Waals surface area contributed by atoms with Crippen LogP contribution < -0.4 is 10.3 Å². The number of aromatic amines is 1. The van der Waals surface area contributed by atoms with Gasteiger partial charge in [0.2, 0.25) is 0 Å². The van der Waals surface area contributed by atoms with Gasteiger partial charge in [0.15, 0.2) is 0 Å². The van der Waals surface area contributed by atoms with E-state index in [9.17, 15) is 4.79 Å². The molecule has 18 heavy (non-hydrogen) atoms. The van der Waals surface area contributed by atoms with Gasteiger partial charge in [-0.1, -0.05) is 6.92 Å². The van der Waals surface area contributed by atoms with Gasteiger partial charge >= 0.3 is 0 Å². The third-order valence-corrected chi connectivity index (χ3v) is 2.75. The molecule has 0 saturated carbocycles. The molecule has 5 heteroatoms. The first-order valence-electron chi connectivity index (χ1n) is 5.76. The van der Waals surface area contributed by atoms with Crippen LogP contribution in [0.4, 0.5) is 0 Å². The van der Waals surface area contributed by atoms with Crippen molar-refractivity contribution >= 4 is 0 Å². The number of aryl methyl sites for hydroxylation is 1. The number of ether oxygens (including phenoxy) is 1. The molecule has 0 aliphatic rings. The smallest absolute Gasteiger partial charge is 0.254 e. The van der Waals surface area contributed by atoms with E-state index in [0.717, 1.165) is 0 Å². The van der Waals surface area contributed by atoms with Crippen molar-refractivity contribution in [1.29, 1.82) is 0 Å². The zero-order valence-corrected chi connectivity index (χ0v) is 10.7. The fourth-order valence-electron chi connectivity index (χ4n) is 1.71. The summed E-state index contributed by atoms with van der Waals surface area (Å²) in [6.07, 6.45) is 2.32. The molecule has 1 N–H and O–H groups in total. The molecule has 0 amide bonds. The summed E-state index contributed by atoms with van der Waals surface area (Å²) in [7, 11) is 1.57. The minimum absolute atomic E-state index is 0.135. The lowest BCUT2D eigenvalue weighted by Gasteiger charge is -2.09. The molecule has 5 nitrogen and oxygen atoms in total. The third kappa shape index (κ3) is 2.11. The maximum Gasteiger partial charge on any atom is 0.254 e. The average molecular weight is 245 g/mol. The number of methoxy groups -OCH3 is 1. The molecule has 94 valence electrons. The molecule has 0 aromatic carbocycles. The summed E-state index contributed by atoms with van der Waals surface area (Å²) in [5.41, 5.74) is 1.58. The Hall–Kier alpha value is -2.17. The van der Waals surface area contributed by atoms with Crippen LogP contribution in [0.1, 0.15) is 18.3 Å². The van der Waals surface area contributed by atoms with Gasteiger partial charge in [-0.05, 0) is 19.1 Å². The molecule has 0 spiro atoms. The predicted molar refractivity (Wildman–Crippen MR) is 68.8 cm³/mol. The number of hydrogen-bond acceptors (Lipinski definition) is 4. The van der Waals surface area contributed by atoms with E-state index >= 15 is 0 Å². The van der Waals surface area contributed by atoms with Crippen LogP contribution in [-0.4, -0.2) is 22.1 Å². The van der Waals surface area contributed by atoms with E-state index in [1.807, 2.05) is 6.92 Å². The zero-order chi connectivity index (χ0) is 13.1. The van der Waals surface area contributed by atoms with Gasteiger partial charge in [0.25, 0.3) is 5.56 Å². The van der Waals surface area contributed by atoms with Gasteiger partial charge in [0, 0.05) is 18.2 Å². The molecule has 0 radical (unpaired) electrons. The van der Waals surface area contributed by atoms with Crippen molar-refractivity contribution < 1.29 is 4.74 Å². The van der Waals surface area contributed by atoms with Crippen LogP contribution in [0.25, 0.3) is 11.4 Å². The summed E-state index contributed by atoms with van der Waals surface area (Å²) in [6, 6.07) is 3.59. The summed E-state index contributed by atoms with van der Waals surface area (Å²) < 4.78 is 5.25. The lowest BCUT2D eigenvalue weighted by molar-refractivity contribution is 0.414. The summed E-state index contributed by atoms with van der Waals surface area (Å²) in [5, 5.41) is 0. The minimum atomic E-state index is -0.135. The molecule has 0 bridgehead atoms. The van der Waals surface area contributed by atoms with Crippen LogP contribution >= 0.6 is 0 Å². The Morgan fingerprint density at radius 3 is 2.83 bits per heavy atom. The van der Waals surface area contributed by atoms with Gasteiger partial charge in [-0.3, -0.25) is 9.78 Å². The third-order valence-electron chi connectivity index (χ3n) is 2.75. The summed E-state index contributed by atoms with van der Waals surface area (Å²) in [4.78, 5) is 23.3. The second-order valence-corrected chi connectivity index (χ2v) is 3.89. The summed E-state index contributed by atoms with van der Waals surface area (Å²) in [5.74, 6) is 1.26. The second kappa shape index (κ2) is 5.00. The molecular formula is C13H15N3O2. The van der Waals surface area contributed by atoms with Crippen molar-refractivity contribution in [3.05, 3.63) is 40.1 Å². The van der Waals surface area contributed by atoms with E-state index in [4.69, 9.17) is 4.74 Å². The van der Waals surface area contributed by atoms with E-state index in [-0.39, 0.29) is 5.56 Å². The van der Waals surface area contributed by atoms with Gasteiger partial charge in [0.1, 0.15) is 23.0 Å². The monoisotopic (exact) mass is 245 g/mol. The topological polar surface area (TPSA) is 67.9 Å². The first-order valence-corrected chi connectivity index (χ1v) is 5.76. The molecule has 2 heterocycles. The Bertz CT molecular complexity index is 620. The minimum Gasteiger partial charge on any atom is -0.494 e. The van der Waals surface area contributed by atoms with Crippen LogP contribution in [0.15, 0.2) is 23.1 Å². The van der Waals surface area contributed by atoms with E-state index < -0.39 is 0 Å². The number of rotatable bonds is 3. The van der Waals surface area contributed by atoms with Crippen molar-refractivity contribution in [2.45, 2.75) is 20.3 Å². The summed E-state index contributed by atoms with van der Waals surface area (Å²) >= 11 is 0. The zero-order valence-electron chi connectivity index (χ0n) is 10.7. The Labute approximate surface area is 105 Å². The standard InChI is InChI=1S/C13H15N3O2/c1-4-10-15-11(8(2)13(17)16-10)12-9(18-3)6-5-7-14-12/h5-7H,4H2,1-3H3,(H,15,16,17). The molecule has 0 aliphatic carbocycles. The lowest BCUT2D eigenvalue weighted by atomic mass is 10.1. The van der Waals surface area contributed by atoms with Gasteiger partial charge < -0.3 is 9.72 Å². The fraction of sp³-hybridized carbons (Fsp3) is 0.308. The molecule has 0 atom stereocenters. The average Bonchev–Trinajstić information content (AvgIpc) is 2.41. The maximum atomic E-state index is 11.8. The molecule has 0 saturated heterocycles. The summed E-state index contributed by atoms with van der Waals surface area (Å²) in [6.45, 7) is 3.67. The Kier molecular flexibility index (Phi) is 3.41. The number of nitrogens with zero attached hydrogens (tertiary/aromatic N) is 2. The van der Waals surface area contributed by atoms with Crippen molar-refractivity contribution in [3.8, 4) is 17.1 Å². The van der Waals surface area contributed by atoms with E-state index in [0.29, 0.717) is 34.9 Å². The van der Waals surface area contributed by atoms with Crippen molar-refractivity contribution in [3.63, 3.8) is 0 Å². The van der Waals surface area contributed by atoms with Crippen LogP contribution in [-0.2, 0) is 6.42 Å². The number of H-pyrrole nitrogens is 1. The van der Waals surface area contributed by atoms with Crippen molar-refractivity contribution in [2.75, 3.05) is 7.11 Å². The molecule has 0 fully saturated rings. The van der Waals surface area contributed by atoms with Crippen molar-refractivity contribution in [2.24, 2.45) is 0 Å². The van der Waals surface area contributed by atoms with Gasteiger partial charge in [-0.25, -0.2) is 4.98 Å². The highest BCUT2D eigenvalue weighted by molar-refractivity contribution is 5.65. The maximum absolute atomic E-state index is 11.8. The quantitative estimate of drug-likeness (QED) is 0.893. The number of aromatic nitrogens is 3. The van der Waals surface area contributed by atoms with Gasteiger partial charge in [0.05, 0.1) is 7.11 Å². The normalized spacial score (nSPS) is 10.4. The molecule has 2 aromatic heterocycles. The van der Waals surface area contributed by atoms with Gasteiger partial charge in [-0.2, -0.15) is 0 Å². The number of nitrogens with one attached hydrogen (secondary N) is 1. The largest absolute Gasteiger partial charge is 0.494 e. The van der Waals surface area contributed by atoms with Crippen LogP contribution in [0.5, 0.6) is 5.75 Å². The first-order chi connectivity index (χ1) is 8.67. The fourth-order valence-corrected chi connectivity index (χ4v) is 1.71. The van der Waals surface area contributed by atoms with E-state index in [1.54, 1.807) is 32.4 Å². The molecule has 0 aliphatic heterocycles. The van der Waals surface area contributed by atoms with E-state index in [1.165, 1.54) is 0 Å². The highest BCUT2D eigenvalue weighted by Crippen LogP contribution is 2.26. The van der Waals surface area contributed by atoms with Gasteiger partial charge in [-0.15, -0.1) is 0 Å². The SMILES string of the molecule is CCc1nc(-c2ncccc2OC)c(C)c(=O)[nH]1. The number of hydrogen-bond donors (Lipinski definition) is 1. The lowest BCUT2D eigenvalue weighted by Crippen LogP contribution is -2.16. The molecule has 2 rings (SSSR count). The van der Waals surface area contributed by atoms with Crippen molar-refractivity contribution in [1.82, 2.24) is 15.0 Å². The van der Waals surface area contributed by atoms with Crippen LogP contribution in [0.3, 0.4) is 0 Å². The Morgan fingerprint density at radius 2 is 2.17 bits per heavy atom. The highest BCUT2D eigenvalue weighted by atomic mass is 16.5. The first kappa shape index (κ1) is 12.3.